The first kappa shape index (κ1) is 12.8. The molecule has 0 saturated carbocycles. The lowest BCUT2D eigenvalue weighted by atomic mass is 10.4. The van der Waals surface area contributed by atoms with Gasteiger partial charge in [0.1, 0.15) is 0 Å². The van der Waals surface area contributed by atoms with E-state index in [4.69, 9.17) is 22.7 Å². The van der Waals surface area contributed by atoms with Gasteiger partial charge in [-0.25, -0.2) is 0 Å². The topological polar surface area (TPSA) is 35.2 Å². The van der Waals surface area contributed by atoms with Crippen LogP contribution in [-0.2, 0) is 4.74 Å². The van der Waals surface area contributed by atoms with Crippen molar-refractivity contribution in [3.05, 3.63) is 22.4 Å². The van der Waals surface area contributed by atoms with Crippen LogP contribution in [0.2, 0.25) is 0 Å². The molecule has 0 atom stereocenters. The van der Waals surface area contributed by atoms with Crippen LogP contribution in [0.3, 0.4) is 0 Å². The molecule has 13 heavy (non-hydrogen) atoms. The van der Waals surface area contributed by atoms with E-state index in [1.54, 1.807) is 11.3 Å². The molecule has 0 aromatic carbocycles. The Hall–Kier alpha value is -0.160. The fourth-order valence-electron chi connectivity index (χ4n) is 0.714. The van der Waals surface area contributed by atoms with Gasteiger partial charge in [0, 0.05) is 0 Å². The van der Waals surface area contributed by atoms with Crippen LogP contribution in [0, 0.1) is 0 Å². The van der Waals surface area contributed by atoms with Gasteiger partial charge in [-0.15, -0.1) is 23.7 Å². The summed E-state index contributed by atoms with van der Waals surface area (Å²) >= 11 is 6.63. The SMILES string of the molecule is Cl.NCCCOC(=S)c1cccs1. The van der Waals surface area contributed by atoms with Crippen molar-refractivity contribution in [2.24, 2.45) is 5.73 Å². The summed E-state index contributed by atoms with van der Waals surface area (Å²) in [5.41, 5.74) is 5.31. The van der Waals surface area contributed by atoms with Gasteiger partial charge >= 0.3 is 0 Å². The molecule has 0 spiro atoms. The van der Waals surface area contributed by atoms with Gasteiger partial charge in [0.05, 0.1) is 11.5 Å². The smallest absolute Gasteiger partial charge is 0.201 e. The van der Waals surface area contributed by atoms with Crippen molar-refractivity contribution in [2.75, 3.05) is 13.2 Å². The third-order valence-corrected chi connectivity index (χ3v) is 2.64. The van der Waals surface area contributed by atoms with Crippen molar-refractivity contribution in [3.8, 4) is 0 Å². The van der Waals surface area contributed by atoms with Crippen molar-refractivity contribution in [1.29, 1.82) is 0 Å². The molecular weight excluding hydrogens is 226 g/mol. The number of rotatable bonds is 4. The molecule has 0 saturated heterocycles. The van der Waals surface area contributed by atoms with Crippen LogP contribution in [0.4, 0.5) is 0 Å². The standard InChI is InChI=1S/C8H11NOS2.ClH/c9-4-2-5-10-8(11)7-3-1-6-12-7;/h1,3,6H,2,4-5,9H2;1H. The molecule has 2 N–H and O–H groups in total. The minimum atomic E-state index is 0. The van der Waals surface area contributed by atoms with E-state index in [0.29, 0.717) is 18.2 Å². The van der Waals surface area contributed by atoms with Gasteiger partial charge in [0.2, 0.25) is 5.05 Å². The van der Waals surface area contributed by atoms with E-state index in [1.165, 1.54) is 0 Å². The summed E-state index contributed by atoms with van der Waals surface area (Å²) in [7, 11) is 0. The Bertz CT molecular complexity index is 238. The van der Waals surface area contributed by atoms with Gasteiger partial charge in [-0.2, -0.15) is 0 Å². The number of thiocarbonyl (C=S) groups is 1. The Labute approximate surface area is 93.5 Å². The van der Waals surface area contributed by atoms with Gasteiger partial charge in [-0.3, -0.25) is 0 Å². The maximum atomic E-state index is 5.31. The van der Waals surface area contributed by atoms with E-state index in [9.17, 15) is 0 Å². The van der Waals surface area contributed by atoms with Crippen LogP contribution < -0.4 is 5.73 Å². The molecule has 1 rings (SSSR count). The second-order valence-corrected chi connectivity index (χ2v) is 3.57. The minimum Gasteiger partial charge on any atom is -0.482 e. The summed E-state index contributed by atoms with van der Waals surface area (Å²) in [5.74, 6) is 0. The van der Waals surface area contributed by atoms with E-state index in [0.717, 1.165) is 11.3 Å². The fourth-order valence-corrected chi connectivity index (χ4v) is 1.63. The van der Waals surface area contributed by atoms with E-state index in [-0.39, 0.29) is 12.4 Å². The van der Waals surface area contributed by atoms with Crippen LogP contribution in [0.5, 0.6) is 0 Å². The Kier molecular flexibility index (Phi) is 7.17. The van der Waals surface area contributed by atoms with Crippen LogP contribution in [-0.4, -0.2) is 18.2 Å². The molecular formula is C8H12ClNOS2. The number of hydrogen-bond donors (Lipinski definition) is 1. The maximum absolute atomic E-state index is 5.31. The molecule has 0 aliphatic rings. The highest BCUT2D eigenvalue weighted by Gasteiger charge is 2.01. The molecule has 1 aromatic heterocycles. The molecule has 1 heterocycles. The lowest BCUT2D eigenvalue weighted by Crippen LogP contribution is -2.08. The zero-order valence-electron chi connectivity index (χ0n) is 7.06. The number of halogens is 1. The molecule has 1 aromatic rings. The molecule has 0 amide bonds. The van der Waals surface area contributed by atoms with Crippen LogP contribution in [0.1, 0.15) is 11.3 Å². The highest BCUT2D eigenvalue weighted by molar-refractivity contribution is 7.80. The summed E-state index contributed by atoms with van der Waals surface area (Å²) in [5, 5.41) is 2.56. The number of hydrogen-bond acceptors (Lipinski definition) is 4. The third-order valence-electron chi connectivity index (χ3n) is 1.30. The van der Waals surface area contributed by atoms with Crippen molar-refractivity contribution >= 4 is 41.0 Å². The van der Waals surface area contributed by atoms with Gasteiger partial charge in [0.25, 0.3) is 0 Å². The van der Waals surface area contributed by atoms with Crippen molar-refractivity contribution < 1.29 is 4.74 Å². The van der Waals surface area contributed by atoms with E-state index < -0.39 is 0 Å². The lowest BCUT2D eigenvalue weighted by Gasteiger charge is -2.03. The molecule has 2 nitrogen and oxygen atoms in total. The Morgan fingerprint density at radius 3 is 2.92 bits per heavy atom. The van der Waals surface area contributed by atoms with Gasteiger partial charge < -0.3 is 10.5 Å². The average Bonchev–Trinajstić information content (AvgIpc) is 2.56. The second-order valence-electron chi connectivity index (χ2n) is 2.26. The Morgan fingerprint density at radius 1 is 1.62 bits per heavy atom. The monoisotopic (exact) mass is 237 g/mol. The van der Waals surface area contributed by atoms with Crippen molar-refractivity contribution in [1.82, 2.24) is 0 Å². The number of thiophene rings is 1. The lowest BCUT2D eigenvalue weighted by molar-refractivity contribution is 0.310. The molecule has 0 radical (unpaired) electrons. The summed E-state index contributed by atoms with van der Waals surface area (Å²) in [6.45, 7) is 1.26. The normalized spacial score (nSPS) is 9.00. The molecule has 0 unspecified atom stereocenters. The number of ether oxygens (including phenoxy) is 1. The van der Waals surface area contributed by atoms with Crippen molar-refractivity contribution in [2.45, 2.75) is 6.42 Å². The molecule has 0 bridgehead atoms. The highest BCUT2D eigenvalue weighted by atomic mass is 35.5. The minimum absolute atomic E-state index is 0. The summed E-state index contributed by atoms with van der Waals surface area (Å²) in [4.78, 5) is 1.02. The summed E-state index contributed by atoms with van der Waals surface area (Å²) in [6.07, 6.45) is 0.853. The Balaban J connectivity index is 0.00000144. The first-order valence-electron chi connectivity index (χ1n) is 3.75. The zero-order chi connectivity index (χ0) is 8.81. The quantitative estimate of drug-likeness (QED) is 0.644. The van der Waals surface area contributed by atoms with E-state index in [1.807, 2.05) is 17.5 Å². The molecule has 74 valence electrons. The first-order valence-corrected chi connectivity index (χ1v) is 5.04. The Morgan fingerprint density at radius 2 is 2.38 bits per heavy atom. The summed E-state index contributed by atoms with van der Waals surface area (Å²) < 4.78 is 5.29. The second kappa shape index (κ2) is 7.26. The van der Waals surface area contributed by atoms with Gasteiger partial charge in [0.15, 0.2) is 0 Å². The first-order chi connectivity index (χ1) is 5.84. The predicted octanol–water partition coefficient (Wildman–Crippen LogP) is 2.21. The van der Waals surface area contributed by atoms with Crippen LogP contribution >= 0.6 is 36.0 Å². The average molecular weight is 238 g/mol. The van der Waals surface area contributed by atoms with E-state index >= 15 is 0 Å². The molecule has 0 aliphatic carbocycles. The van der Waals surface area contributed by atoms with Crippen molar-refractivity contribution in [3.63, 3.8) is 0 Å². The maximum Gasteiger partial charge on any atom is 0.201 e. The third kappa shape index (κ3) is 4.57. The largest absolute Gasteiger partial charge is 0.482 e. The highest BCUT2D eigenvalue weighted by Crippen LogP contribution is 2.10. The van der Waals surface area contributed by atoms with Gasteiger partial charge in [-0.1, -0.05) is 6.07 Å². The van der Waals surface area contributed by atoms with Crippen LogP contribution in [0.25, 0.3) is 0 Å². The van der Waals surface area contributed by atoms with Gasteiger partial charge in [-0.05, 0) is 36.6 Å². The van der Waals surface area contributed by atoms with Crippen LogP contribution in [0.15, 0.2) is 17.5 Å². The fraction of sp³-hybridized carbons (Fsp3) is 0.375. The summed E-state index contributed by atoms with van der Waals surface area (Å²) in [6, 6.07) is 3.91. The molecule has 0 aliphatic heterocycles. The number of nitrogens with two attached hydrogens (primary N) is 1. The molecule has 0 fully saturated rings. The zero-order valence-corrected chi connectivity index (χ0v) is 9.51. The molecule has 5 heteroatoms. The predicted molar refractivity (Wildman–Crippen MR) is 62.9 cm³/mol. The van der Waals surface area contributed by atoms with E-state index in [2.05, 4.69) is 0 Å².